The van der Waals surface area contributed by atoms with Crippen molar-refractivity contribution in [3.05, 3.63) is 60.7 Å². The molecular weight excluding hydrogens is 740 g/mol. The Kier molecular flexibility index (Phi) is 20.0. The van der Waals surface area contributed by atoms with Crippen molar-refractivity contribution < 1.29 is 59.2 Å². The minimum absolute atomic E-state index is 0.275. The molecule has 2 rings (SSSR count). The maximum absolute atomic E-state index is 7.26. The Labute approximate surface area is 306 Å². The van der Waals surface area contributed by atoms with E-state index >= 15 is 0 Å². The molecule has 0 radical (unpaired) electrons. The molecule has 0 saturated heterocycles. The van der Waals surface area contributed by atoms with Crippen LogP contribution in [0.4, 0.5) is 0 Å². The molecule has 0 aliphatic rings. The van der Waals surface area contributed by atoms with E-state index in [0.717, 1.165) is 0 Å². The van der Waals surface area contributed by atoms with Crippen LogP contribution < -0.4 is 5.63 Å². The van der Waals surface area contributed by atoms with Crippen molar-refractivity contribution in [2.45, 2.75) is 158 Å². The molecule has 10 nitrogen and oxygen atoms in total. The first-order chi connectivity index (χ1) is 23.3. The Balaban J connectivity index is 3.03. The van der Waals surface area contributed by atoms with Crippen LogP contribution in [0, 0.1) is 0 Å². The zero-order valence-corrected chi connectivity index (χ0v) is 36.5. The van der Waals surface area contributed by atoms with Crippen LogP contribution in [0.15, 0.2) is 60.7 Å². The van der Waals surface area contributed by atoms with Gasteiger partial charge in [-0.2, -0.15) is 0 Å². The predicted octanol–water partition coefficient (Wildman–Crippen LogP) is 9.75. The second-order valence-electron chi connectivity index (χ2n) is 12.6. The van der Waals surface area contributed by atoms with E-state index in [4.69, 9.17) is 37.2 Å². The van der Waals surface area contributed by atoms with E-state index in [-0.39, 0.29) is 36.6 Å². The predicted molar refractivity (Wildman–Crippen MR) is 193 cm³/mol. The number of para-hydroxylation sites is 2. The first-order valence-corrected chi connectivity index (χ1v) is 25.5. The molecule has 0 spiro atoms. The second kappa shape index (κ2) is 22.2. The van der Waals surface area contributed by atoms with Crippen LogP contribution in [0.2, 0.25) is 0 Å². The van der Waals surface area contributed by atoms with Crippen LogP contribution >= 0.6 is 0 Å². The molecule has 0 bridgehead atoms. The number of benzene rings is 2. The van der Waals surface area contributed by atoms with Gasteiger partial charge in [0.1, 0.15) is 0 Å². The molecule has 2 aromatic carbocycles. The summed E-state index contributed by atoms with van der Waals surface area (Å²) in [6.07, 6.45) is 2.51. The summed E-state index contributed by atoms with van der Waals surface area (Å²) in [7, 11) is -8.32. The Morgan fingerprint density at radius 2 is 0.633 bits per heavy atom. The van der Waals surface area contributed by atoms with Gasteiger partial charge in [0.15, 0.2) is 0 Å². The van der Waals surface area contributed by atoms with Crippen LogP contribution in [0.25, 0.3) is 0 Å². The summed E-state index contributed by atoms with van der Waals surface area (Å²) >= 11 is -5.78. The summed E-state index contributed by atoms with van der Waals surface area (Å²) in [6, 6.07) is 18.7. The molecule has 6 atom stereocenters. The van der Waals surface area contributed by atoms with Crippen LogP contribution in [0.1, 0.15) is 122 Å². The van der Waals surface area contributed by atoms with Gasteiger partial charge in [-0.05, 0) is 0 Å². The summed E-state index contributed by atoms with van der Waals surface area (Å²) in [4.78, 5) is 0. The van der Waals surface area contributed by atoms with Crippen molar-refractivity contribution in [2.24, 2.45) is 0 Å². The summed E-state index contributed by atoms with van der Waals surface area (Å²) in [5.74, 6) is 0.956. The topological polar surface area (TPSA) is 92.3 Å². The molecule has 0 amide bonds. The zero-order chi connectivity index (χ0) is 36.5. The van der Waals surface area contributed by atoms with E-state index in [1.165, 1.54) is 0 Å². The van der Waals surface area contributed by atoms with E-state index in [1.54, 1.807) is 0 Å². The van der Waals surface area contributed by atoms with E-state index < -0.39 is 40.1 Å². The van der Waals surface area contributed by atoms with Crippen LogP contribution in [-0.2, 0) is 53.6 Å². The van der Waals surface area contributed by atoms with Gasteiger partial charge in [-0.1, -0.05) is 0 Å². The van der Waals surface area contributed by atoms with Gasteiger partial charge < -0.3 is 0 Å². The van der Waals surface area contributed by atoms with E-state index in [2.05, 4.69) is 0 Å². The molecule has 0 aliphatic carbocycles. The molecule has 49 heavy (non-hydrogen) atoms. The van der Waals surface area contributed by atoms with Crippen molar-refractivity contribution in [2.75, 3.05) is 0 Å². The Hall–Kier alpha value is -0.963. The van der Waals surface area contributed by atoms with Crippen LogP contribution in [-0.4, -0.2) is 54.7 Å². The molecule has 0 heterocycles. The average molecular weight is 804 g/mol. The maximum atomic E-state index is 7.26. The monoisotopic (exact) mass is 802 g/mol. The van der Waals surface area contributed by atoms with Crippen molar-refractivity contribution in [1.82, 2.24) is 0 Å². The van der Waals surface area contributed by atoms with Crippen molar-refractivity contribution in [3.63, 3.8) is 0 Å². The fourth-order valence-electron chi connectivity index (χ4n) is 3.99. The molecule has 0 saturated carbocycles. The van der Waals surface area contributed by atoms with Gasteiger partial charge in [0, 0.05) is 0 Å². The van der Waals surface area contributed by atoms with Crippen LogP contribution in [0.5, 0.6) is 11.5 Å². The summed E-state index contributed by atoms with van der Waals surface area (Å²) in [5, 5.41) is 0. The minimum atomic E-state index is -5.78. The first kappa shape index (κ1) is 44.2. The van der Waals surface area contributed by atoms with Crippen LogP contribution in [0.3, 0.4) is 0 Å². The number of hydrogen-bond donors (Lipinski definition) is 0. The van der Waals surface area contributed by atoms with Crippen molar-refractivity contribution in [1.29, 1.82) is 0 Å². The van der Waals surface area contributed by atoms with Gasteiger partial charge in [-0.25, -0.2) is 0 Å². The van der Waals surface area contributed by atoms with Gasteiger partial charge >= 0.3 is 308 Å². The summed E-state index contributed by atoms with van der Waals surface area (Å²) in [6.45, 7) is 24.1. The third kappa shape index (κ3) is 15.3. The normalized spacial score (nSPS) is 18.4. The number of hydrogen-bond acceptors (Lipinski definition) is 10. The Bertz CT molecular complexity index is 999. The van der Waals surface area contributed by atoms with Gasteiger partial charge in [0.05, 0.1) is 0 Å². The van der Waals surface area contributed by atoms with E-state index in [0.29, 0.717) is 50.0 Å². The second-order valence-corrected chi connectivity index (χ2v) is 22.8. The summed E-state index contributed by atoms with van der Waals surface area (Å²) in [5.41, 5.74) is 0. The molecule has 0 aliphatic heterocycles. The van der Waals surface area contributed by atoms with Crippen molar-refractivity contribution >= 4 is 18.1 Å². The fourth-order valence-corrected chi connectivity index (χ4v) is 20.5. The molecule has 0 aromatic heterocycles. The zero-order valence-electron chi connectivity index (χ0n) is 32.1. The molecule has 0 fully saturated rings. The molecule has 0 N–H and O–H groups in total. The first-order valence-electron chi connectivity index (χ1n) is 18.2. The van der Waals surface area contributed by atoms with E-state index in [9.17, 15) is 0 Å². The third-order valence-electron chi connectivity index (χ3n) is 7.99. The third-order valence-corrected chi connectivity index (χ3v) is 22.9. The Morgan fingerprint density at radius 1 is 0.408 bits per heavy atom. The van der Waals surface area contributed by atoms with Gasteiger partial charge in [0.25, 0.3) is 0 Å². The van der Waals surface area contributed by atoms with Gasteiger partial charge in [-0.15, -0.1) is 0 Å². The van der Waals surface area contributed by atoms with Gasteiger partial charge in [0.2, 0.25) is 0 Å². The van der Waals surface area contributed by atoms with Crippen molar-refractivity contribution in [3.8, 4) is 11.5 Å². The SMILES string of the molecule is CCC(C)O[Si](OC(C)CC)(OC(C)CC)[O][Zr]([O]c1ccccc1)([O]c1ccccc1)[O][Si](OC(C)CC)(OC(C)CC)OC(C)CC. The summed E-state index contributed by atoms with van der Waals surface area (Å²) < 4.78 is 69.0. The quantitative estimate of drug-likeness (QED) is 0.0857. The average Bonchev–Trinajstić information content (AvgIpc) is 3.08. The fraction of sp³-hybridized carbons (Fsp3) is 0.667. The molecule has 280 valence electrons. The molecule has 13 heteroatoms. The standard InChI is InChI=1S/2C12H27O4Si.2C6H6O.Zr/c2*1-7-10(4)14-17(13,15-11(5)8-2)16-12(6)9-3;2*7-6-4-2-1-3-5-6;/h2*10-12H,7-9H2,1-6H3;2*1-5,7H;/q2*-1;;;+4/p-2. The number of rotatable bonds is 26. The molecule has 6 unspecified atom stereocenters. The molecule has 2 aromatic rings. The van der Waals surface area contributed by atoms with E-state index in [1.807, 2.05) is 144 Å². The molecular formula is C36H64O10Si2Zr. The Morgan fingerprint density at radius 3 is 0.837 bits per heavy atom. The van der Waals surface area contributed by atoms with Gasteiger partial charge in [-0.3, -0.25) is 0 Å².